The van der Waals surface area contributed by atoms with Crippen LogP contribution in [-0.2, 0) is 19.5 Å². The number of fused-ring (bicyclic) bond motifs is 1. The largest absolute Gasteiger partial charge is 0.454 e. The molecular formula is C17H19N5O2. The minimum atomic E-state index is -0.174. The van der Waals surface area contributed by atoms with Crippen LogP contribution in [0.3, 0.4) is 0 Å². The number of amides is 1. The molecule has 3 aromatic heterocycles. The third-order valence-corrected chi connectivity index (χ3v) is 4.21. The summed E-state index contributed by atoms with van der Waals surface area (Å²) in [4.78, 5) is 16.9. The summed E-state index contributed by atoms with van der Waals surface area (Å²) in [7, 11) is 0. The lowest BCUT2D eigenvalue weighted by Crippen LogP contribution is -2.40. The third kappa shape index (κ3) is 2.97. The molecule has 0 fully saturated rings. The zero-order valence-corrected chi connectivity index (χ0v) is 13.5. The zero-order chi connectivity index (χ0) is 16.5. The molecule has 0 saturated carbocycles. The molecule has 0 bridgehead atoms. The standard InChI is InChI=1S/C17H19N5O2/c1-12-9-21-10-13(3-6-16(21)19-12)20-17(23)15-5-4-14(24-15)11-22-8-2-7-18-22/h2,4-5,7-9,13H,3,6,10-11H2,1H3,(H,20,23). The second-order valence-corrected chi connectivity index (χ2v) is 6.13. The number of nitrogens with zero attached hydrogens (tertiary/aromatic N) is 4. The highest BCUT2D eigenvalue weighted by molar-refractivity contribution is 5.91. The molecule has 1 aliphatic heterocycles. The van der Waals surface area contributed by atoms with E-state index in [4.69, 9.17) is 4.42 Å². The second kappa shape index (κ2) is 5.99. The van der Waals surface area contributed by atoms with Gasteiger partial charge in [0.1, 0.15) is 11.6 Å². The lowest BCUT2D eigenvalue weighted by Gasteiger charge is -2.24. The van der Waals surface area contributed by atoms with Crippen molar-refractivity contribution in [1.29, 1.82) is 0 Å². The number of carbonyl (C=O) groups is 1. The van der Waals surface area contributed by atoms with Crippen LogP contribution in [0.5, 0.6) is 0 Å². The molecule has 3 aromatic rings. The van der Waals surface area contributed by atoms with Crippen LogP contribution in [0.15, 0.2) is 41.2 Å². The van der Waals surface area contributed by atoms with E-state index in [0.29, 0.717) is 18.1 Å². The summed E-state index contributed by atoms with van der Waals surface area (Å²) in [5.74, 6) is 1.97. The Kier molecular flexibility index (Phi) is 3.68. The quantitative estimate of drug-likeness (QED) is 0.793. The fourth-order valence-electron chi connectivity index (χ4n) is 3.10. The monoisotopic (exact) mass is 325 g/mol. The summed E-state index contributed by atoms with van der Waals surface area (Å²) in [5, 5.41) is 7.18. The molecule has 7 heteroatoms. The number of hydrogen-bond donors (Lipinski definition) is 1. The Morgan fingerprint density at radius 2 is 2.38 bits per heavy atom. The molecular weight excluding hydrogens is 306 g/mol. The van der Waals surface area contributed by atoms with E-state index in [9.17, 15) is 4.79 Å². The van der Waals surface area contributed by atoms with E-state index in [-0.39, 0.29) is 11.9 Å². The highest BCUT2D eigenvalue weighted by Crippen LogP contribution is 2.16. The van der Waals surface area contributed by atoms with Crippen LogP contribution in [0.4, 0.5) is 0 Å². The Morgan fingerprint density at radius 1 is 1.46 bits per heavy atom. The van der Waals surface area contributed by atoms with Gasteiger partial charge in [-0.05, 0) is 31.5 Å². The first kappa shape index (κ1) is 14.7. The van der Waals surface area contributed by atoms with Gasteiger partial charge >= 0.3 is 0 Å². The van der Waals surface area contributed by atoms with Gasteiger partial charge in [-0.1, -0.05) is 0 Å². The molecule has 24 heavy (non-hydrogen) atoms. The molecule has 0 radical (unpaired) electrons. The minimum absolute atomic E-state index is 0.0956. The van der Waals surface area contributed by atoms with E-state index >= 15 is 0 Å². The van der Waals surface area contributed by atoms with Crippen molar-refractivity contribution in [3.8, 4) is 0 Å². The number of furan rings is 1. The molecule has 4 heterocycles. The van der Waals surface area contributed by atoms with Crippen LogP contribution in [0, 0.1) is 6.92 Å². The summed E-state index contributed by atoms with van der Waals surface area (Å²) >= 11 is 0. The average Bonchev–Trinajstić information content (AvgIpc) is 3.27. The number of aryl methyl sites for hydroxylation is 2. The van der Waals surface area contributed by atoms with Crippen LogP contribution in [0.1, 0.15) is 34.3 Å². The molecule has 124 valence electrons. The maximum atomic E-state index is 12.4. The van der Waals surface area contributed by atoms with Gasteiger partial charge < -0.3 is 14.3 Å². The van der Waals surface area contributed by atoms with E-state index in [1.165, 1.54) is 0 Å². The SMILES string of the molecule is Cc1cn2c(n1)CCC(NC(=O)c1ccc(Cn3cccn3)o1)C2. The van der Waals surface area contributed by atoms with Crippen molar-refractivity contribution < 1.29 is 9.21 Å². The van der Waals surface area contributed by atoms with E-state index in [1.807, 2.05) is 31.5 Å². The van der Waals surface area contributed by atoms with E-state index < -0.39 is 0 Å². The first-order chi connectivity index (χ1) is 11.7. The molecule has 0 aromatic carbocycles. The fraction of sp³-hybridized carbons (Fsp3) is 0.353. The zero-order valence-electron chi connectivity index (χ0n) is 13.5. The molecule has 0 saturated heterocycles. The van der Waals surface area contributed by atoms with E-state index in [2.05, 4.69) is 20.0 Å². The number of imidazole rings is 1. The predicted molar refractivity (Wildman–Crippen MR) is 86.6 cm³/mol. The number of aromatic nitrogens is 4. The normalized spacial score (nSPS) is 16.8. The summed E-state index contributed by atoms with van der Waals surface area (Å²) in [6, 6.07) is 5.47. The Labute approximate surface area is 139 Å². The van der Waals surface area contributed by atoms with Crippen molar-refractivity contribution in [3.63, 3.8) is 0 Å². The Morgan fingerprint density at radius 3 is 3.21 bits per heavy atom. The lowest BCUT2D eigenvalue weighted by molar-refractivity contribution is 0.0897. The van der Waals surface area contributed by atoms with Crippen molar-refractivity contribution >= 4 is 5.91 Å². The van der Waals surface area contributed by atoms with Crippen molar-refractivity contribution in [2.75, 3.05) is 0 Å². The number of nitrogens with one attached hydrogen (secondary N) is 1. The van der Waals surface area contributed by atoms with Gasteiger partial charge in [0.2, 0.25) is 0 Å². The Hall–Kier alpha value is -2.83. The first-order valence-corrected chi connectivity index (χ1v) is 8.07. The van der Waals surface area contributed by atoms with Crippen LogP contribution in [0.25, 0.3) is 0 Å². The van der Waals surface area contributed by atoms with Gasteiger partial charge in [-0.15, -0.1) is 0 Å². The Balaban J connectivity index is 1.39. The predicted octanol–water partition coefficient (Wildman–Crippen LogP) is 1.77. The summed E-state index contributed by atoms with van der Waals surface area (Å²) < 4.78 is 9.52. The third-order valence-electron chi connectivity index (χ3n) is 4.21. The van der Waals surface area contributed by atoms with E-state index in [1.54, 1.807) is 16.9 Å². The summed E-state index contributed by atoms with van der Waals surface area (Å²) in [5.41, 5.74) is 1.02. The topological polar surface area (TPSA) is 77.9 Å². The average molecular weight is 325 g/mol. The van der Waals surface area contributed by atoms with Crippen molar-refractivity contribution in [2.24, 2.45) is 0 Å². The van der Waals surface area contributed by atoms with Gasteiger partial charge in [-0.3, -0.25) is 9.48 Å². The van der Waals surface area contributed by atoms with Crippen LogP contribution >= 0.6 is 0 Å². The van der Waals surface area contributed by atoms with Gasteiger partial charge in [-0.2, -0.15) is 5.10 Å². The van der Waals surface area contributed by atoms with Gasteiger partial charge in [0, 0.05) is 37.6 Å². The lowest BCUT2D eigenvalue weighted by atomic mass is 10.1. The fourth-order valence-corrected chi connectivity index (χ4v) is 3.10. The second-order valence-electron chi connectivity index (χ2n) is 6.13. The molecule has 0 spiro atoms. The van der Waals surface area contributed by atoms with Gasteiger partial charge in [0.15, 0.2) is 5.76 Å². The number of hydrogen-bond acceptors (Lipinski definition) is 4. The minimum Gasteiger partial charge on any atom is -0.454 e. The molecule has 0 aliphatic carbocycles. The first-order valence-electron chi connectivity index (χ1n) is 8.07. The molecule has 1 aliphatic rings. The van der Waals surface area contributed by atoms with Gasteiger partial charge in [-0.25, -0.2) is 4.98 Å². The highest BCUT2D eigenvalue weighted by Gasteiger charge is 2.22. The maximum Gasteiger partial charge on any atom is 0.287 e. The highest BCUT2D eigenvalue weighted by atomic mass is 16.4. The van der Waals surface area contributed by atoms with Crippen LogP contribution < -0.4 is 5.32 Å². The van der Waals surface area contributed by atoms with E-state index in [0.717, 1.165) is 30.9 Å². The van der Waals surface area contributed by atoms with Gasteiger partial charge in [0.25, 0.3) is 5.91 Å². The molecule has 4 rings (SSSR count). The molecule has 1 atom stereocenters. The molecule has 1 amide bonds. The number of rotatable bonds is 4. The molecule has 1 unspecified atom stereocenters. The van der Waals surface area contributed by atoms with Crippen molar-refractivity contribution in [2.45, 2.75) is 38.9 Å². The van der Waals surface area contributed by atoms with Crippen LogP contribution in [-0.4, -0.2) is 31.3 Å². The van der Waals surface area contributed by atoms with Gasteiger partial charge in [0.05, 0.1) is 12.2 Å². The number of carbonyl (C=O) groups excluding carboxylic acids is 1. The smallest absolute Gasteiger partial charge is 0.287 e. The summed E-state index contributed by atoms with van der Waals surface area (Å²) in [6.45, 7) is 3.26. The van der Waals surface area contributed by atoms with Crippen molar-refractivity contribution in [1.82, 2.24) is 24.6 Å². The maximum absolute atomic E-state index is 12.4. The molecule has 1 N–H and O–H groups in total. The van der Waals surface area contributed by atoms with Crippen molar-refractivity contribution in [3.05, 3.63) is 59.8 Å². The Bertz CT molecular complexity index is 846. The van der Waals surface area contributed by atoms with Crippen LogP contribution in [0.2, 0.25) is 0 Å². The molecule has 7 nitrogen and oxygen atoms in total. The summed E-state index contributed by atoms with van der Waals surface area (Å²) in [6.07, 6.45) is 7.37.